The number of ether oxygens (including phenoxy) is 1. The first kappa shape index (κ1) is 14.4. The third kappa shape index (κ3) is 3.52. The van der Waals surface area contributed by atoms with Gasteiger partial charge in [-0.2, -0.15) is 0 Å². The third-order valence-corrected chi connectivity index (χ3v) is 3.33. The second kappa shape index (κ2) is 6.97. The monoisotopic (exact) mass is 272 g/mol. The van der Waals surface area contributed by atoms with E-state index in [1.165, 1.54) is 0 Å². The minimum Gasteiger partial charge on any atom is -0.378 e. The van der Waals surface area contributed by atoms with Crippen molar-refractivity contribution in [2.75, 3.05) is 38.2 Å². The lowest BCUT2D eigenvalue weighted by molar-refractivity contribution is 0.0303. The van der Waals surface area contributed by atoms with Crippen LogP contribution in [0.4, 0.5) is 5.69 Å². The fourth-order valence-corrected chi connectivity index (χ4v) is 2.12. The molecule has 0 aromatic heterocycles. The predicted molar refractivity (Wildman–Crippen MR) is 79.8 cm³/mol. The summed E-state index contributed by atoms with van der Waals surface area (Å²) >= 11 is 0. The standard InChI is InChI=1S/C16H20N2O2/c1-3-4-7-17-15-12-14(6-5-13(15)2)16(19)18-8-10-20-11-9-18/h5-6,12,17H,7-11H2,1-2H3. The van der Waals surface area contributed by atoms with E-state index in [-0.39, 0.29) is 5.91 Å². The summed E-state index contributed by atoms with van der Waals surface area (Å²) < 4.78 is 5.27. The van der Waals surface area contributed by atoms with Crippen molar-refractivity contribution in [1.82, 2.24) is 4.90 Å². The summed E-state index contributed by atoms with van der Waals surface area (Å²) in [5.74, 6) is 5.88. The van der Waals surface area contributed by atoms with Gasteiger partial charge in [-0.25, -0.2) is 0 Å². The smallest absolute Gasteiger partial charge is 0.254 e. The summed E-state index contributed by atoms with van der Waals surface area (Å²) in [6.45, 7) is 6.99. The van der Waals surface area contributed by atoms with Crippen LogP contribution < -0.4 is 5.32 Å². The highest BCUT2D eigenvalue weighted by atomic mass is 16.5. The molecule has 1 heterocycles. The van der Waals surface area contributed by atoms with E-state index >= 15 is 0 Å². The lowest BCUT2D eigenvalue weighted by Crippen LogP contribution is -2.40. The molecule has 1 aliphatic rings. The Labute approximate surface area is 120 Å². The maximum Gasteiger partial charge on any atom is 0.254 e. The van der Waals surface area contributed by atoms with Crippen molar-refractivity contribution < 1.29 is 9.53 Å². The Morgan fingerprint density at radius 2 is 2.15 bits per heavy atom. The van der Waals surface area contributed by atoms with Crippen LogP contribution in [0.25, 0.3) is 0 Å². The van der Waals surface area contributed by atoms with Crippen LogP contribution >= 0.6 is 0 Å². The van der Waals surface area contributed by atoms with Crippen LogP contribution in [0.15, 0.2) is 18.2 Å². The lowest BCUT2D eigenvalue weighted by Gasteiger charge is -2.27. The van der Waals surface area contributed by atoms with Crippen molar-refractivity contribution in [1.29, 1.82) is 0 Å². The van der Waals surface area contributed by atoms with Gasteiger partial charge in [0.1, 0.15) is 0 Å². The number of rotatable bonds is 3. The van der Waals surface area contributed by atoms with Crippen LogP contribution in [0, 0.1) is 18.8 Å². The number of aryl methyl sites for hydroxylation is 1. The van der Waals surface area contributed by atoms with Crippen LogP contribution in [0.2, 0.25) is 0 Å². The van der Waals surface area contributed by atoms with Gasteiger partial charge in [0, 0.05) is 24.3 Å². The molecule has 0 atom stereocenters. The van der Waals surface area contributed by atoms with Crippen molar-refractivity contribution in [3.63, 3.8) is 0 Å². The predicted octanol–water partition coefficient (Wildman–Crippen LogP) is 1.90. The fourth-order valence-electron chi connectivity index (χ4n) is 2.12. The zero-order chi connectivity index (χ0) is 14.4. The minimum atomic E-state index is 0.0675. The first-order valence-corrected chi connectivity index (χ1v) is 6.83. The number of morpholine rings is 1. The van der Waals surface area contributed by atoms with Crippen molar-refractivity contribution in [3.05, 3.63) is 29.3 Å². The van der Waals surface area contributed by atoms with Gasteiger partial charge in [-0.3, -0.25) is 4.79 Å². The molecule has 0 spiro atoms. The van der Waals surface area contributed by atoms with E-state index in [4.69, 9.17) is 4.74 Å². The molecule has 1 fully saturated rings. The maximum atomic E-state index is 12.4. The second-order valence-corrected chi connectivity index (χ2v) is 4.71. The topological polar surface area (TPSA) is 41.6 Å². The molecule has 1 N–H and O–H groups in total. The molecule has 0 aliphatic carbocycles. The Bertz CT molecular complexity index is 537. The van der Waals surface area contributed by atoms with Gasteiger partial charge in [0.2, 0.25) is 0 Å². The Morgan fingerprint density at radius 3 is 2.85 bits per heavy atom. The number of nitrogens with one attached hydrogen (secondary N) is 1. The molecule has 4 heteroatoms. The highest BCUT2D eigenvalue weighted by molar-refractivity contribution is 5.95. The van der Waals surface area contributed by atoms with Gasteiger partial charge in [-0.1, -0.05) is 12.0 Å². The summed E-state index contributed by atoms with van der Waals surface area (Å²) in [5, 5.41) is 3.24. The van der Waals surface area contributed by atoms with Crippen molar-refractivity contribution in [2.45, 2.75) is 13.8 Å². The number of benzene rings is 1. The first-order chi connectivity index (χ1) is 9.72. The van der Waals surface area contributed by atoms with E-state index in [9.17, 15) is 4.79 Å². The number of nitrogens with zero attached hydrogens (tertiary/aromatic N) is 1. The lowest BCUT2D eigenvalue weighted by atomic mass is 10.1. The van der Waals surface area contributed by atoms with Crippen LogP contribution in [0.5, 0.6) is 0 Å². The van der Waals surface area contributed by atoms with E-state index in [0.717, 1.165) is 11.3 Å². The minimum absolute atomic E-state index is 0.0675. The number of hydrogen-bond acceptors (Lipinski definition) is 3. The fraction of sp³-hybridized carbons (Fsp3) is 0.438. The molecule has 1 aromatic rings. The molecular formula is C16H20N2O2. The summed E-state index contributed by atoms with van der Waals surface area (Å²) in [5.41, 5.74) is 2.79. The first-order valence-electron chi connectivity index (χ1n) is 6.83. The highest BCUT2D eigenvalue weighted by Gasteiger charge is 2.18. The molecule has 0 bridgehead atoms. The Morgan fingerprint density at radius 1 is 1.40 bits per heavy atom. The molecular weight excluding hydrogens is 252 g/mol. The molecule has 1 aromatic carbocycles. The molecule has 106 valence electrons. The summed E-state index contributed by atoms with van der Waals surface area (Å²) in [7, 11) is 0. The molecule has 1 amide bonds. The molecule has 0 saturated carbocycles. The quantitative estimate of drug-likeness (QED) is 0.855. The maximum absolute atomic E-state index is 12.4. The SMILES string of the molecule is CC#CCNc1cc(C(=O)N2CCOCC2)ccc1C. The van der Waals surface area contributed by atoms with Gasteiger partial charge < -0.3 is 15.0 Å². The molecule has 2 rings (SSSR count). The normalized spacial score (nSPS) is 14.4. The summed E-state index contributed by atoms with van der Waals surface area (Å²) in [6.07, 6.45) is 0. The average Bonchev–Trinajstić information content (AvgIpc) is 2.49. The van der Waals surface area contributed by atoms with Gasteiger partial charge in [-0.05, 0) is 31.5 Å². The van der Waals surface area contributed by atoms with E-state index in [1.54, 1.807) is 0 Å². The number of carbonyl (C=O) groups is 1. The molecule has 4 nitrogen and oxygen atoms in total. The van der Waals surface area contributed by atoms with Crippen LogP contribution in [0.3, 0.4) is 0 Å². The molecule has 0 radical (unpaired) electrons. The zero-order valence-electron chi connectivity index (χ0n) is 12.0. The zero-order valence-corrected chi connectivity index (χ0v) is 12.0. The van der Waals surface area contributed by atoms with Gasteiger partial charge in [-0.15, -0.1) is 5.92 Å². The number of amides is 1. The number of carbonyl (C=O) groups excluding carboxylic acids is 1. The van der Waals surface area contributed by atoms with Gasteiger partial charge in [0.05, 0.1) is 19.8 Å². The van der Waals surface area contributed by atoms with Gasteiger partial charge >= 0.3 is 0 Å². The molecule has 1 aliphatic heterocycles. The number of anilines is 1. The van der Waals surface area contributed by atoms with E-state index < -0.39 is 0 Å². The Kier molecular flexibility index (Phi) is 5.03. The van der Waals surface area contributed by atoms with E-state index in [2.05, 4.69) is 17.2 Å². The second-order valence-electron chi connectivity index (χ2n) is 4.71. The Balaban J connectivity index is 2.12. The van der Waals surface area contributed by atoms with Gasteiger partial charge in [0.25, 0.3) is 5.91 Å². The average molecular weight is 272 g/mol. The van der Waals surface area contributed by atoms with Crippen molar-refractivity contribution >= 4 is 11.6 Å². The van der Waals surface area contributed by atoms with Crippen molar-refractivity contribution in [3.8, 4) is 11.8 Å². The van der Waals surface area contributed by atoms with Gasteiger partial charge in [0.15, 0.2) is 0 Å². The van der Waals surface area contributed by atoms with Crippen molar-refractivity contribution in [2.24, 2.45) is 0 Å². The van der Waals surface area contributed by atoms with Crippen LogP contribution in [0.1, 0.15) is 22.8 Å². The highest BCUT2D eigenvalue weighted by Crippen LogP contribution is 2.18. The largest absolute Gasteiger partial charge is 0.378 e. The van der Waals surface area contributed by atoms with E-state index in [0.29, 0.717) is 38.4 Å². The molecule has 0 unspecified atom stereocenters. The van der Waals surface area contributed by atoms with E-state index in [1.807, 2.05) is 36.9 Å². The Hall–Kier alpha value is -1.99. The third-order valence-electron chi connectivity index (χ3n) is 3.33. The molecule has 20 heavy (non-hydrogen) atoms. The number of hydrogen-bond donors (Lipinski definition) is 1. The summed E-state index contributed by atoms with van der Waals surface area (Å²) in [6, 6.07) is 5.75. The molecule has 1 saturated heterocycles. The van der Waals surface area contributed by atoms with Crippen LogP contribution in [-0.4, -0.2) is 43.7 Å². The summed E-state index contributed by atoms with van der Waals surface area (Å²) in [4.78, 5) is 14.2. The van der Waals surface area contributed by atoms with Crippen LogP contribution in [-0.2, 0) is 4.74 Å².